The minimum absolute atomic E-state index is 0.0145. The summed E-state index contributed by atoms with van der Waals surface area (Å²) in [6.07, 6.45) is -4.17. The van der Waals surface area contributed by atoms with Crippen LogP contribution in [-0.2, 0) is 0 Å². The zero-order valence-electron chi connectivity index (χ0n) is 8.91. The summed E-state index contributed by atoms with van der Waals surface area (Å²) in [6, 6.07) is 0. The number of likely N-dealkylation sites (tertiary alicyclic amines) is 1. The summed E-state index contributed by atoms with van der Waals surface area (Å²) < 4.78 is 37.3. The van der Waals surface area contributed by atoms with Crippen molar-refractivity contribution < 1.29 is 18.0 Å². The van der Waals surface area contributed by atoms with Gasteiger partial charge in [0.1, 0.15) is 5.69 Å². The highest BCUT2D eigenvalue weighted by Crippen LogP contribution is 2.34. The first kappa shape index (κ1) is 12.3. The summed E-state index contributed by atoms with van der Waals surface area (Å²) in [6.45, 7) is 0.307. The lowest BCUT2D eigenvalue weighted by atomic mass is 9.96. The highest BCUT2D eigenvalue weighted by molar-refractivity contribution is 7.07. The van der Waals surface area contributed by atoms with Crippen LogP contribution in [-0.4, -0.2) is 35.1 Å². The first-order valence-electron chi connectivity index (χ1n) is 5.22. The number of halogens is 3. The molecule has 0 N–H and O–H groups in total. The molecule has 1 aliphatic rings. The summed E-state index contributed by atoms with van der Waals surface area (Å²) in [5.74, 6) is -1.55. The molecule has 17 heavy (non-hydrogen) atoms. The van der Waals surface area contributed by atoms with Crippen LogP contribution in [0.1, 0.15) is 23.3 Å². The Bertz CT molecular complexity index is 383. The third-order valence-corrected chi connectivity index (χ3v) is 3.48. The molecule has 0 spiro atoms. The average Bonchev–Trinajstić information content (AvgIpc) is 2.80. The molecule has 0 bridgehead atoms. The van der Waals surface area contributed by atoms with E-state index in [-0.39, 0.29) is 31.8 Å². The quantitative estimate of drug-likeness (QED) is 0.781. The van der Waals surface area contributed by atoms with E-state index in [9.17, 15) is 18.0 Å². The zero-order valence-corrected chi connectivity index (χ0v) is 9.72. The van der Waals surface area contributed by atoms with Gasteiger partial charge in [-0.05, 0) is 12.8 Å². The van der Waals surface area contributed by atoms with Crippen molar-refractivity contribution in [3.8, 4) is 0 Å². The number of thiazole rings is 1. The van der Waals surface area contributed by atoms with E-state index in [4.69, 9.17) is 0 Å². The molecule has 1 aliphatic heterocycles. The van der Waals surface area contributed by atoms with Gasteiger partial charge in [0.05, 0.1) is 11.4 Å². The van der Waals surface area contributed by atoms with E-state index in [1.54, 1.807) is 5.38 Å². The van der Waals surface area contributed by atoms with E-state index in [0.29, 0.717) is 5.69 Å². The van der Waals surface area contributed by atoms with Gasteiger partial charge in [0.25, 0.3) is 5.91 Å². The SMILES string of the molecule is O=C(c1cscn1)N1CCC(C(F)(F)F)CC1. The molecule has 2 heterocycles. The Hall–Kier alpha value is -1.11. The summed E-state index contributed by atoms with van der Waals surface area (Å²) >= 11 is 1.30. The molecule has 94 valence electrons. The number of piperidine rings is 1. The number of hydrogen-bond acceptors (Lipinski definition) is 3. The van der Waals surface area contributed by atoms with E-state index >= 15 is 0 Å². The summed E-state index contributed by atoms with van der Waals surface area (Å²) in [5, 5.41) is 1.61. The number of rotatable bonds is 1. The van der Waals surface area contributed by atoms with E-state index in [1.807, 2.05) is 0 Å². The molecule has 7 heteroatoms. The van der Waals surface area contributed by atoms with Gasteiger partial charge in [-0.25, -0.2) is 4.98 Å². The van der Waals surface area contributed by atoms with Crippen molar-refractivity contribution in [3.63, 3.8) is 0 Å². The van der Waals surface area contributed by atoms with Gasteiger partial charge in [0.15, 0.2) is 0 Å². The van der Waals surface area contributed by atoms with Crippen LogP contribution in [0.25, 0.3) is 0 Å². The molecular weight excluding hydrogens is 253 g/mol. The number of hydrogen-bond donors (Lipinski definition) is 0. The molecule has 1 aromatic rings. The van der Waals surface area contributed by atoms with Crippen LogP contribution in [0.3, 0.4) is 0 Å². The Balaban J connectivity index is 1.94. The number of aromatic nitrogens is 1. The van der Waals surface area contributed by atoms with Crippen LogP contribution >= 0.6 is 11.3 Å². The maximum Gasteiger partial charge on any atom is 0.391 e. The van der Waals surface area contributed by atoms with Gasteiger partial charge in [0, 0.05) is 18.5 Å². The highest BCUT2D eigenvalue weighted by Gasteiger charge is 2.41. The number of amides is 1. The van der Waals surface area contributed by atoms with Gasteiger partial charge in [-0.15, -0.1) is 11.3 Å². The standard InChI is InChI=1S/C10H11F3N2OS/c11-10(12,13)7-1-3-15(4-2-7)9(16)8-5-17-6-14-8/h5-7H,1-4H2. The predicted molar refractivity (Wildman–Crippen MR) is 56.8 cm³/mol. The van der Waals surface area contributed by atoms with Crippen molar-refractivity contribution in [1.29, 1.82) is 0 Å². The normalized spacial score (nSPS) is 18.4. The largest absolute Gasteiger partial charge is 0.391 e. The lowest BCUT2D eigenvalue weighted by molar-refractivity contribution is -0.183. The molecule has 1 saturated heterocycles. The molecule has 0 aliphatic carbocycles. The molecule has 0 radical (unpaired) electrons. The van der Waals surface area contributed by atoms with Crippen molar-refractivity contribution in [2.75, 3.05) is 13.1 Å². The van der Waals surface area contributed by atoms with Crippen molar-refractivity contribution in [2.24, 2.45) is 5.92 Å². The van der Waals surface area contributed by atoms with Crippen molar-refractivity contribution in [1.82, 2.24) is 9.88 Å². The topological polar surface area (TPSA) is 33.2 Å². The fraction of sp³-hybridized carbons (Fsp3) is 0.600. The number of alkyl halides is 3. The zero-order chi connectivity index (χ0) is 12.5. The second-order valence-electron chi connectivity index (χ2n) is 3.98. The summed E-state index contributed by atoms with van der Waals surface area (Å²) in [5.41, 5.74) is 1.86. The first-order chi connectivity index (χ1) is 7.98. The molecule has 0 aromatic carbocycles. The third-order valence-electron chi connectivity index (χ3n) is 2.90. The Labute approximate surface area is 100 Å². The Kier molecular flexibility index (Phi) is 3.37. The lowest BCUT2D eigenvalue weighted by Crippen LogP contribution is -2.42. The van der Waals surface area contributed by atoms with Crippen LogP contribution in [0.4, 0.5) is 13.2 Å². The molecule has 2 rings (SSSR count). The van der Waals surface area contributed by atoms with E-state index in [0.717, 1.165) is 0 Å². The van der Waals surface area contributed by atoms with Gasteiger partial charge >= 0.3 is 6.18 Å². The summed E-state index contributed by atoms with van der Waals surface area (Å²) in [4.78, 5) is 17.1. The maximum atomic E-state index is 12.4. The van der Waals surface area contributed by atoms with Crippen LogP contribution in [0.5, 0.6) is 0 Å². The van der Waals surface area contributed by atoms with Crippen molar-refractivity contribution in [3.05, 3.63) is 16.6 Å². The molecule has 1 aromatic heterocycles. The second-order valence-corrected chi connectivity index (χ2v) is 4.70. The van der Waals surface area contributed by atoms with E-state index < -0.39 is 12.1 Å². The molecule has 0 unspecified atom stereocenters. The van der Waals surface area contributed by atoms with Crippen LogP contribution in [0.15, 0.2) is 10.9 Å². The molecule has 3 nitrogen and oxygen atoms in total. The summed E-state index contributed by atoms with van der Waals surface area (Å²) in [7, 11) is 0. The van der Waals surface area contributed by atoms with Crippen LogP contribution in [0, 0.1) is 5.92 Å². The van der Waals surface area contributed by atoms with Crippen molar-refractivity contribution >= 4 is 17.2 Å². The third kappa shape index (κ3) is 2.77. The fourth-order valence-electron chi connectivity index (χ4n) is 1.89. The Morgan fingerprint density at radius 1 is 1.41 bits per heavy atom. The minimum atomic E-state index is -4.14. The Morgan fingerprint density at radius 2 is 2.06 bits per heavy atom. The molecule has 1 amide bonds. The molecule has 0 saturated carbocycles. The van der Waals surface area contributed by atoms with Gasteiger partial charge < -0.3 is 4.90 Å². The van der Waals surface area contributed by atoms with Crippen molar-refractivity contribution in [2.45, 2.75) is 19.0 Å². The highest BCUT2D eigenvalue weighted by atomic mass is 32.1. The number of carbonyl (C=O) groups excluding carboxylic acids is 1. The average molecular weight is 264 g/mol. The smallest absolute Gasteiger partial charge is 0.337 e. The fourth-order valence-corrected chi connectivity index (χ4v) is 2.42. The lowest BCUT2D eigenvalue weighted by Gasteiger charge is -2.32. The number of nitrogens with zero attached hydrogens (tertiary/aromatic N) is 2. The van der Waals surface area contributed by atoms with E-state index in [2.05, 4.69) is 4.98 Å². The van der Waals surface area contributed by atoms with E-state index in [1.165, 1.54) is 21.7 Å². The second kappa shape index (κ2) is 4.64. The maximum absolute atomic E-state index is 12.4. The van der Waals surface area contributed by atoms with Gasteiger partial charge in [0.2, 0.25) is 0 Å². The van der Waals surface area contributed by atoms with Crippen LogP contribution in [0.2, 0.25) is 0 Å². The molecular formula is C10H11F3N2OS. The van der Waals surface area contributed by atoms with Gasteiger partial charge in [-0.1, -0.05) is 0 Å². The minimum Gasteiger partial charge on any atom is -0.337 e. The molecule has 1 fully saturated rings. The Morgan fingerprint density at radius 3 is 2.53 bits per heavy atom. The predicted octanol–water partition coefficient (Wildman–Crippen LogP) is 2.56. The first-order valence-corrected chi connectivity index (χ1v) is 6.17. The van der Waals surface area contributed by atoms with Crippen LogP contribution < -0.4 is 0 Å². The number of carbonyl (C=O) groups is 1. The monoisotopic (exact) mass is 264 g/mol. The van der Waals surface area contributed by atoms with Gasteiger partial charge in [-0.3, -0.25) is 4.79 Å². The van der Waals surface area contributed by atoms with Gasteiger partial charge in [-0.2, -0.15) is 13.2 Å². The molecule has 0 atom stereocenters.